The maximum Gasteiger partial charge on any atom is 0.393 e. The van der Waals surface area contributed by atoms with Crippen molar-refractivity contribution < 1.29 is 28.2 Å². The molecule has 0 spiro atoms. The fourth-order valence-corrected chi connectivity index (χ4v) is 1.94. The van der Waals surface area contributed by atoms with Crippen LogP contribution in [0.25, 0.3) is 0 Å². The number of halogens is 3. The Labute approximate surface area is 102 Å². The number of rotatable bonds is 2. The second-order valence-electron chi connectivity index (χ2n) is 4.17. The minimum Gasteiger partial charge on any atom is -0.507 e. The number of phenols is 1. The van der Waals surface area contributed by atoms with Crippen molar-refractivity contribution in [3.63, 3.8) is 0 Å². The third-order valence-electron chi connectivity index (χ3n) is 3.00. The number of hydrogen-bond acceptors (Lipinski definition) is 2. The van der Waals surface area contributed by atoms with Crippen molar-refractivity contribution >= 4 is 5.97 Å². The molecule has 2 N–H and O–H groups in total. The van der Waals surface area contributed by atoms with Crippen molar-refractivity contribution in [3.8, 4) is 5.75 Å². The molecule has 18 heavy (non-hydrogen) atoms. The summed E-state index contributed by atoms with van der Waals surface area (Å²) < 4.78 is 37.2. The van der Waals surface area contributed by atoms with Crippen LogP contribution in [0.4, 0.5) is 13.2 Å². The van der Waals surface area contributed by atoms with Gasteiger partial charge >= 0.3 is 12.1 Å². The van der Waals surface area contributed by atoms with Crippen molar-refractivity contribution in [2.45, 2.75) is 33.4 Å². The van der Waals surface area contributed by atoms with Crippen LogP contribution >= 0.6 is 0 Å². The first kappa shape index (κ1) is 14.3. The molecule has 0 atom stereocenters. The van der Waals surface area contributed by atoms with Gasteiger partial charge in [-0.15, -0.1) is 0 Å². The van der Waals surface area contributed by atoms with Gasteiger partial charge in [-0.3, -0.25) is 0 Å². The zero-order valence-electron chi connectivity index (χ0n) is 10.1. The van der Waals surface area contributed by atoms with Gasteiger partial charge in [-0.05, 0) is 37.5 Å². The summed E-state index contributed by atoms with van der Waals surface area (Å²) in [5.74, 6) is -1.77. The van der Waals surface area contributed by atoms with Crippen LogP contribution in [0.5, 0.6) is 5.75 Å². The molecule has 0 aliphatic carbocycles. The van der Waals surface area contributed by atoms with E-state index in [0.29, 0.717) is 0 Å². The van der Waals surface area contributed by atoms with E-state index in [0.717, 1.165) is 0 Å². The summed E-state index contributed by atoms with van der Waals surface area (Å²) in [5.41, 5.74) is -0.145. The topological polar surface area (TPSA) is 57.5 Å². The first-order chi connectivity index (χ1) is 8.06. The van der Waals surface area contributed by atoms with Crippen LogP contribution in [0.15, 0.2) is 0 Å². The zero-order chi connectivity index (χ0) is 14.2. The van der Waals surface area contributed by atoms with Crippen LogP contribution in [-0.2, 0) is 6.42 Å². The summed E-state index contributed by atoms with van der Waals surface area (Å²) in [5, 5.41) is 18.8. The Hall–Kier alpha value is -1.72. The molecular formula is C12H13F3O3. The minimum absolute atomic E-state index is 0.0413. The molecule has 0 radical (unpaired) electrons. The second-order valence-corrected chi connectivity index (χ2v) is 4.17. The lowest BCUT2D eigenvalue weighted by Gasteiger charge is -2.18. The summed E-state index contributed by atoms with van der Waals surface area (Å²) in [6.07, 6.45) is -5.84. The Morgan fingerprint density at radius 1 is 1.11 bits per heavy atom. The Bertz CT molecular complexity index is 505. The lowest BCUT2D eigenvalue weighted by Crippen LogP contribution is -2.16. The van der Waals surface area contributed by atoms with Gasteiger partial charge in [0.25, 0.3) is 0 Å². The van der Waals surface area contributed by atoms with E-state index in [1.54, 1.807) is 0 Å². The largest absolute Gasteiger partial charge is 0.507 e. The number of phenolic OH excluding ortho intramolecular Hbond substituents is 1. The van der Waals surface area contributed by atoms with Crippen molar-refractivity contribution in [3.05, 3.63) is 27.8 Å². The second kappa shape index (κ2) is 4.51. The molecule has 1 aromatic carbocycles. The number of carboxylic acids is 1. The van der Waals surface area contributed by atoms with Gasteiger partial charge in [0.1, 0.15) is 5.75 Å². The van der Waals surface area contributed by atoms with Crippen LogP contribution in [0, 0.1) is 20.8 Å². The van der Waals surface area contributed by atoms with E-state index in [1.165, 1.54) is 20.8 Å². The van der Waals surface area contributed by atoms with Gasteiger partial charge in [0.15, 0.2) is 0 Å². The maximum absolute atomic E-state index is 12.4. The van der Waals surface area contributed by atoms with E-state index >= 15 is 0 Å². The van der Waals surface area contributed by atoms with E-state index in [1.807, 2.05) is 0 Å². The average molecular weight is 262 g/mol. The van der Waals surface area contributed by atoms with E-state index in [9.17, 15) is 23.1 Å². The zero-order valence-corrected chi connectivity index (χ0v) is 10.1. The van der Waals surface area contributed by atoms with Crippen LogP contribution < -0.4 is 0 Å². The molecule has 0 unspecified atom stereocenters. The summed E-state index contributed by atoms with van der Waals surface area (Å²) in [4.78, 5) is 11.1. The van der Waals surface area contributed by atoms with E-state index in [4.69, 9.17) is 5.11 Å². The molecular weight excluding hydrogens is 249 g/mol. The third-order valence-corrected chi connectivity index (χ3v) is 3.00. The Morgan fingerprint density at radius 2 is 1.61 bits per heavy atom. The first-order valence-corrected chi connectivity index (χ1v) is 5.18. The molecule has 3 nitrogen and oxygen atoms in total. The van der Waals surface area contributed by atoms with Crippen molar-refractivity contribution in [2.75, 3.05) is 0 Å². The average Bonchev–Trinajstić information content (AvgIpc) is 2.20. The van der Waals surface area contributed by atoms with Gasteiger partial charge in [0.2, 0.25) is 0 Å². The van der Waals surface area contributed by atoms with Crippen LogP contribution in [0.3, 0.4) is 0 Å². The quantitative estimate of drug-likeness (QED) is 0.860. The molecule has 1 aromatic rings. The molecule has 0 aliphatic rings. The number of aromatic carboxylic acids is 1. The highest BCUT2D eigenvalue weighted by Crippen LogP contribution is 2.36. The highest BCUT2D eigenvalue weighted by Gasteiger charge is 2.32. The predicted octanol–water partition coefficient (Wildman–Crippen LogP) is 3.12. The number of carboxylic acid groups (broad SMARTS) is 1. The van der Waals surface area contributed by atoms with Crippen LogP contribution in [-0.4, -0.2) is 22.4 Å². The smallest absolute Gasteiger partial charge is 0.393 e. The van der Waals surface area contributed by atoms with E-state index < -0.39 is 24.3 Å². The minimum atomic E-state index is -4.50. The fourth-order valence-electron chi connectivity index (χ4n) is 1.94. The van der Waals surface area contributed by atoms with Gasteiger partial charge in [0, 0.05) is 5.56 Å². The van der Waals surface area contributed by atoms with Crippen LogP contribution in [0.2, 0.25) is 0 Å². The Balaban J connectivity index is 3.57. The number of alkyl halides is 3. The van der Waals surface area contributed by atoms with Gasteiger partial charge in [0.05, 0.1) is 12.0 Å². The lowest BCUT2D eigenvalue weighted by atomic mass is 9.91. The summed E-state index contributed by atoms with van der Waals surface area (Å²) in [7, 11) is 0. The molecule has 0 fully saturated rings. The Kier molecular flexibility index (Phi) is 3.59. The van der Waals surface area contributed by atoms with Crippen molar-refractivity contribution in [2.24, 2.45) is 0 Å². The molecule has 1 rings (SSSR count). The number of benzene rings is 1. The SMILES string of the molecule is Cc1c(C)c(C(=O)O)c(C)c(CC(F)(F)F)c1O. The van der Waals surface area contributed by atoms with E-state index in [2.05, 4.69) is 0 Å². The highest BCUT2D eigenvalue weighted by atomic mass is 19.4. The standard InChI is InChI=1S/C12H13F3O3/c1-5-6(2)10(16)8(4-12(13,14)15)7(3)9(5)11(17)18/h16H,4H2,1-3H3,(H,17,18). The molecule has 100 valence electrons. The Morgan fingerprint density at radius 3 is 2.00 bits per heavy atom. The van der Waals surface area contributed by atoms with E-state index in [-0.39, 0.29) is 27.8 Å². The summed E-state index contributed by atoms with van der Waals surface area (Å²) in [6, 6.07) is 0. The molecule has 0 bridgehead atoms. The first-order valence-electron chi connectivity index (χ1n) is 5.18. The third kappa shape index (κ3) is 2.57. The molecule has 0 saturated carbocycles. The number of aromatic hydroxyl groups is 1. The lowest BCUT2D eigenvalue weighted by molar-refractivity contribution is -0.127. The van der Waals surface area contributed by atoms with Crippen molar-refractivity contribution in [1.82, 2.24) is 0 Å². The number of carbonyl (C=O) groups is 1. The highest BCUT2D eigenvalue weighted by molar-refractivity contribution is 5.92. The summed E-state index contributed by atoms with van der Waals surface area (Å²) >= 11 is 0. The monoisotopic (exact) mass is 262 g/mol. The van der Waals surface area contributed by atoms with Gasteiger partial charge < -0.3 is 10.2 Å². The molecule has 0 saturated heterocycles. The molecule has 0 amide bonds. The van der Waals surface area contributed by atoms with Crippen LogP contribution in [0.1, 0.15) is 32.6 Å². The molecule has 0 aliphatic heterocycles. The van der Waals surface area contributed by atoms with Crippen molar-refractivity contribution in [1.29, 1.82) is 0 Å². The molecule has 6 heteroatoms. The maximum atomic E-state index is 12.4. The molecule has 0 aromatic heterocycles. The normalized spacial score (nSPS) is 11.7. The summed E-state index contributed by atoms with van der Waals surface area (Å²) in [6.45, 7) is 4.13. The van der Waals surface area contributed by atoms with Gasteiger partial charge in [-0.25, -0.2) is 4.79 Å². The number of hydrogen-bond donors (Lipinski definition) is 2. The fraction of sp³-hybridized carbons (Fsp3) is 0.417. The molecule has 0 heterocycles. The van der Waals surface area contributed by atoms with Gasteiger partial charge in [-0.1, -0.05) is 0 Å². The predicted molar refractivity (Wildman–Crippen MR) is 59.0 cm³/mol. The van der Waals surface area contributed by atoms with Gasteiger partial charge in [-0.2, -0.15) is 13.2 Å².